The molecule has 0 saturated carbocycles. The van der Waals surface area contributed by atoms with Gasteiger partial charge in [-0.15, -0.1) is 0 Å². The van der Waals surface area contributed by atoms with E-state index in [0.717, 1.165) is 39.5 Å². The van der Waals surface area contributed by atoms with Crippen LogP contribution in [0.4, 0.5) is 4.79 Å². The number of likely N-dealkylation sites (tertiary alicyclic amines) is 1. The zero-order chi connectivity index (χ0) is 23.4. The normalized spacial score (nSPS) is 18.3. The maximum absolute atomic E-state index is 13.0. The summed E-state index contributed by atoms with van der Waals surface area (Å²) in [6, 6.07) is 15.3. The lowest BCUT2D eigenvalue weighted by atomic mass is 9.99. The van der Waals surface area contributed by atoms with Crippen LogP contribution in [-0.2, 0) is 16.2 Å². The van der Waals surface area contributed by atoms with Gasteiger partial charge >= 0.3 is 0 Å². The van der Waals surface area contributed by atoms with Crippen LogP contribution >= 0.6 is 27.7 Å². The summed E-state index contributed by atoms with van der Waals surface area (Å²) in [6.45, 7) is 3.68. The molecule has 172 valence electrons. The molecule has 2 heterocycles. The number of amides is 3. The van der Waals surface area contributed by atoms with Crippen LogP contribution in [0.15, 0.2) is 57.9 Å². The van der Waals surface area contributed by atoms with E-state index in [0.29, 0.717) is 36.9 Å². The molecule has 0 aliphatic carbocycles. The molecule has 0 aromatic heterocycles. The van der Waals surface area contributed by atoms with Gasteiger partial charge < -0.3 is 9.64 Å². The molecule has 2 saturated heterocycles. The third-order valence-electron chi connectivity index (χ3n) is 5.80. The molecule has 2 fully saturated rings. The van der Waals surface area contributed by atoms with Gasteiger partial charge in [-0.2, -0.15) is 0 Å². The van der Waals surface area contributed by atoms with Gasteiger partial charge in [-0.3, -0.25) is 19.3 Å². The van der Waals surface area contributed by atoms with Crippen molar-refractivity contribution in [1.82, 2.24) is 9.80 Å². The van der Waals surface area contributed by atoms with Gasteiger partial charge in [0.25, 0.3) is 11.1 Å². The zero-order valence-electron chi connectivity index (χ0n) is 18.3. The molecule has 33 heavy (non-hydrogen) atoms. The Balaban J connectivity index is 1.47. The first-order chi connectivity index (χ1) is 15.9. The number of rotatable bonds is 6. The van der Waals surface area contributed by atoms with Gasteiger partial charge in [-0.05, 0) is 60.4 Å². The lowest BCUT2D eigenvalue weighted by Gasteiger charge is -2.31. The van der Waals surface area contributed by atoms with E-state index < -0.39 is 11.1 Å². The summed E-state index contributed by atoms with van der Waals surface area (Å²) >= 11 is 4.31. The number of thioether (sulfide) groups is 1. The van der Waals surface area contributed by atoms with E-state index >= 15 is 0 Å². The van der Waals surface area contributed by atoms with Crippen LogP contribution in [0.1, 0.15) is 30.9 Å². The molecule has 2 aliphatic rings. The van der Waals surface area contributed by atoms with Crippen LogP contribution in [0.3, 0.4) is 0 Å². The summed E-state index contributed by atoms with van der Waals surface area (Å²) in [7, 11) is 0. The quantitative estimate of drug-likeness (QED) is 0.474. The Kier molecular flexibility index (Phi) is 7.55. The molecule has 0 atom stereocenters. The van der Waals surface area contributed by atoms with Gasteiger partial charge in [-0.1, -0.05) is 53.2 Å². The highest BCUT2D eigenvalue weighted by Gasteiger charge is 2.37. The Bertz CT molecular complexity index is 1080. The second-order valence-corrected chi connectivity index (χ2v) is 10.2. The smallest absolute Gasteiger partial charge is 0.294 e. The second-order valence-electron chi connectivity index (χ2n) is 8.29. The third-order valence-corrected chi connectivity index (χ3v) is 7.20. The molecule has 2 aliphatic heterocycles. The number of halogens is 1. The highest BCUT2D eigenvalue weighted by molar-refractivity contribution is 9.10. The maximum Gasteiger partial charge on any atom is 0.294 e. The van der Waals surface area contributed by atoms with Gasteiger partial charge in [0.1, 0.15) is 18.9 Å². The first kappa shape index (κ1) is 23.6. The Hall–Kier alpha value is -2.58. The molecule has 4 rings (SSSR count). The molecule has 3 amide bonds. The Morgan fingerprint density at radius 1 is 1.15 bits per heavy atom. The van der Waals surface area contributed by atoms with Crippen molar-refractivity contribution in [3.63, 3.8) is 0 Å². The number of benzene rings is 2. The van der Waals surface area contributed by atoms with E-state index in [2.05, 4.69) is 22.9 Å². The monoisotopic (exact) mass is 528 g/mol. The van der Waals surface area contributed by atoms with Crippen LogP contribution in [0, 0.1) is 5.92 Å². The van der Waals surface area contributed by atoms with Crippen LogP contribution in [0.25, 0.3) is 6.08 Å². The van der Waals surface area contributed by atoms with E-state index in [1.54, 1.807) is 11.0 Å². The molecule has 0 spiro atoms. The van der Waals surface area contributed by atoms with Gasteiger partial charge in [-0.25, -0.2) is 0 Å². The van der Waals surface area contributed by atoms with Gasteiger partial charge in [0.15, 0.2) is 0 Å². The highest BCUT2D eigenvalue weighted by atomic mass is 79.9. The second kappa shape index (κ2) is 10.6. The van der Waals surface area contributed by atoms with Crippen LogP contribution in [0.2, 0.25) is 0 Å². The van der Waals surface area contributed by atoms with E-state index in [1.165, 1.54) is 0 Å². The van der Waals surface area contributed by atoms with Gasteiger partial charge in [0.2, 0.25) is 5.91 Å². The molecule has 2 aromatic carbocycles. The summed E-state index contributed by atoms with van der Waals surface area (Å²) in [5.74, 6) is 0.572. The first-order valence-electron chi connectivity index (χ1n) is 10.9. The van der Waals surface area contributed by atoms with Crippen molar-refractivity contribution in [2.24, 2.45) is 5.92 Å². The van der Waals surface area contributed by atoms with Crippen molar-refractivity contribution < 1.29 is 19.1 Å². The van der Waals surface area contributed by atoms with E-state index in [9.17, 15) is 14.4 Å². The predicted octanol–water partition coefficient (Wildman–Crippen LogP) is 5.32. The summed E-state index contributed by atoms with van der Waals surface area (Å²) in [5.41, 5.74) is 1.71. The average Bonchev–Trinajstić information content (AvgIpc) is 3.07. The average molecular weight is 529 g/mol. The Labute approximate surface area is 206 Å². The van der Waals surface area contributed by atoms with Crippen LogP contribution in [0.5, 0.6) is 5.75 Å². The van der Waals surface area contributed by atoms with Crippen molar-refractivity contribution in [2.75, 3.05) is 19.6 Å². The number of nitrogens with zero attached hydrogens (tertiary/aromatic N) is 2. The third kappa shape index (κ3) is 5.86. The highest BCUT2D eigenvalue weighted by Crippen LogP contribution is 2.35. The number of hydrogen-bond donors (Lipinski definition) is 0. The van der Waals surface area contributed by atoms with Crippen LogP contribution in [-0.4, -0.2) is 46.5 Å². The largest absolute Gasteiger partial charge is 0.488 e. The van der Waals surface area contributed by atoms with E-state index in [1.807, 2.05) is 48.5 Å². The Morgan fingerprint density at radius 2 is 1.88 bits per heavy atom. The molecule has 0 bridgehead atoms. The summed E-state index contributed by atoms with van der Waals surface area (Å²) in [6.07, 6.45) is 3.55. The number of piperidine rings is 1. The van der Waals surface area contributed by atoms with Crippen molar-refractivity contribution in [3.05, 3.63) is 69.0 Å². The maximum atomic E-state index is 13.0. The molecule has 0 unspecified atom stereocenters. The standard InChI is InChI=1S/C25H25BrN2O4S/c1-17-9-11-27(12-10-17)23(29)15-28-24(30)22(33-25(28)31)14-19-13-20(26)7-8-21(19)32-16-18-5-3-2-4-6-18/h2-8,13-14,17H,9-12,15-16H2,1H3/b22-14-. The summed E-state index contributed by atoms with van der Waals surface area (Å²) in [5, 5.41) is -0.424. The molecule has 0 N–H and O–H groups in total. The number of carbonyl (C=O) groups excluding carboxylic acids is 3. The first-order valence-corrected chi connectivity index (χ1v) is 12.5. The van der Waals surface area contributed by atoms with Crippen LogP contribution < -0.4 is 4.74 Å². The minimum atomic E-state index is -0.447. The van der Waals surface area contributed by atoms with Crippen molar-refractivity contribution >= 4 is 50.8 Å². The lowest BCUT2D eigenvalue weighted by molar-refractivity contribution is -0.136. The fraction of sp³-hybridized carbons (Fsp3) is 0.320. The van der Waals surface area contributed by atoms with E-state index in [4.69, 9.17) is 4.74 Å². The number of carbonyl (C=O) groups is 3. The Morgan fingerprint density at radius 3 is 2.61 bits per heavy atom. The molecule has 0 radical (unpaired) electrons. The van der Waals surface area contributed by atoms with Gasteiger partial charge in [0.05, 0.1) is 4.91 Å². The number of hydrogen-bond acceptors (Lipinski definition) is 5. The molecular formula is C25H25BrN2O4S. The fourth-order valence-corrected chi connectivity index (χ4v) is 4.98. The number of imide groups is 1. The molecule has 2 aromatic rings. The van der Waals surface area contributed by atoms with Crippen molar-refractivity contribution in [1.29, 1.82) is 0 Å². The number of ether oxygens (including phenoxy) is 1. The molecular weight excluding hydrogens is 504 g/mol. The van der Waals surface area contributed by atoms with Gasteiger partial charge in [0, 0.05) is 23.1 Å². The topological polar surface area (TPSA) is 66.9 Å². The van der Waals surface area contributed by atoms with E-state index in [-0.39, 0.29) is 17.4 Å². The molecule has 6 nitrogen and oxygen atoms in total. The molecule has 8 heteroatoms. The SMILES string of the molecule is CC1CCN(C(=O)CN2C(=O)S/C(=C\c3cc(Br)ccc3OCc3ccccc3)C2=O)CC1. The van der Waals surface area contributed by atoms with Crippen molar-refractivity contribution in [2.45, 2.75) is 26.4 Å². The summed E-state index contributed by atoms with van der Waals surface area (Å²) in [4.78, 5) is 41.2. The van der Waals surface area contributed by atoms with Crippen molar-refractivity contribution in [3.8, 4) is 5.75 Å². The predicted molar refractivity (Wildman–Crippen MR) is 133 cm³/mol. The zero-order valence-corrected chi connectivity index (χ0v) is 20.7. The minimum absolute atomic E-state index is 0.181. The summed E-state index contributed by atoms with van der Waals surface area (Å²) < 4.78 is 6.81. The minimum Gasteiger partial charge on any atom is -0.488 e. The lowest BCUT2D eigenvalue weighted by Crippen LogP contribution is -2.45. The fourth-order valence-electron chi connectivity index (χ4n) is 3.77.